The molecular weight excluding hydrogens is 369 g/mol. The number of carbonyl (C=O) groups is 1. The lowest BCUT2D eigenvalue weighted by Gasteiger charge is -2.20. The van der Waals surface area contributed by atoms with Crippen LogP contribution >= 0.6 is 23.1 Å². The molecule has 2 heterocycles. The van der Waals surface area contributed by atoms with Gasteiger partial charge in [0.05, 0.1) is 4.70 Å². The van der Waals surface area contributed by atoms with E-state index >= 15 is 0 Å². The number of fused-ring (bicyclic) bond motifs is 1. The van der Waals surface area contributed by atoms with Gasteiger partial charge in [-0.05, 0) is 36.6 Å². The molecule has 1 aromatic carbocycles. The molecule has 3 aromatic rings. The van der Waals surface area contributed by atoms with Gasteiger partial charge in [-0.25, -0.2) is 4.39 Å². The van der Waals surface area contributed by atoms with E-state index in [0.717, 1.165) is 25.6 Å². The molecule has 2 aromatic heterocycles. The molecule has 1 fully saturated rings. The highest BCUT2D eigenvalue weighted by molar-refractivity contribution is 8.00. The minimum atomic E-state index is -0.593. The van der Waals surface area contributed by atoms with Crippen LogP contribution in [0, 0.1) is 5.82 Å². The van der Waals surface area contributed by atoms with Gasteiger partial charge in [-0.15, -0.1) is 33.3 Å². The molecule has 0 unspecified atom stereocenters. The first kappa shape index (κ1) is 17.4. The number of halogens is 1. The van der Waals surface area contributed by atoms with Crippen molar-refractivity contribution in [2.24, 2.45) is 5.73 Å². The highest BCUT2D eigenvalue weighted by Gasteiger charge is 2.21. The largest absolute Gasteiger partial charge is 0.364 e. The highest BCUT2D eigenvalue weighted by Crippen LogP contribution is 2.41. The number of primary amides is 1. The van der Waals surface area contributed by atoms with Crippen molar-refractivity contribution in [3.63, 3.8) is 0 Å². The van der Waals surface area contributed by atoms with E-state index in [-0.39, 0.29) is 11.5 Å². The average molecular weight is 388 g/mol. The monoisotopic (exact) mass is 387 g/mol. The van der Waals surface area contributed by atoms with Crippen molar-refractivity contribution >= 4 is 39.1 Å². The second-order valence-electron chi connectivity index (χ2n) is 6.46. The maximum absolute atomic E-state index is 13.6. The van der Waals surface area contributed by atoms with Crippen LogP contribution in [0.4, 0.5) is 4.39 Å². The molecule has 26 heavy (non-hydrogen) atoms. The smallest absolute Gasteiger partial charge is 0.270 e. The lowest BCUT2D eigenvalue weighted by atomic mass is 10.0. The number of hydrogen-bond donors (Lipinski definition) is 1. The molecule has 1 aliphatic rings. The quantitative estimate of drug-likeness (QED) is 0.682. The minimum absolute atomic E-state index is 0.181. The van der Waals surface area contributed by atoms with Gasteiger partial charge in [-0.1, -0.05) is 31.4 Å². The number of rotatable bonds is 4. The lowest BCUT2D eigenvalue weighted by molar-refractivity contribution is 0.0996. The summed E-state index contributed by atoms with van der Waals surface area (Å²) in [5.74, 6) is -0.882. The molecule has 1 saturated carbocycles. The normalized spacial score (nSPS) is 15.4. The first-order valence-corrected chi connectivity index (χ1v) is 10.3. The summed E-state index contributed by atoms with van der Waals surface area (Å²) in [7, 11) is 0. The molecule has 1 amide bonds. The van der Waals surface area contributed by atoms with Crippen molar-refractivity contribution in [1.29, 1.82) is 0 Å². The van der Waals surface area contributed by atoms with Gasteiger partial charge in [0.2, 0.25) is 0 Å². The number of thiophene rings is 1. The Hall–Kier alpha value is -1.99. The van der Waals surface area contributed by atoms with Crippen LogP contribution in [0.3, 0.4) is 0 Å². The van der Waals surface area contributed by atoms with E-state index in [1.807, 2.05) is 12.1 Å². The predicted molar refractivity (Wildman–Crippen MR) is 104 cm³/mol. The van der Waals surface area contributed by atoms with Gasteiger partial charge in [0.1, 0.15) is 10.8 Å². The summed E-state index contributed by atoms with van der Waals surface area (Å²) < 4.78 is 14.3. The molecule has 0 saturated heterocycles. The van der Waals surface area contributed by atoms with Crippen LogP contribution in [0.25, 0.3) is 20.5 Å². The average Bonchev–Trinajstić information content (AvgIpc) is 3.08. The van der Waals surface area contributed by atoms with Crippen molar-refractivity contribution in [2.45, 2.75) is 42.4 Å². The Morgan fingerprint density at radius 2 is 2.00 bits per heavy atom. The first-order valence-electron chi connectivity index (χ1n) is 8.64. The Morgan fingerprint density at radius 3 is 2.73 bits per heavy atom. The molecule has 0 spiro atoms. The number of benzene rings is 1. The van der Waals surface area contributed by atoms with E-state index in [1.165, 1.54) is 55.6 Å². The molecule has 0 bridgehead atoms. The van der Waals surface area contributed by atoms with Gasteiger partial charge in [-0.3, -0.25) is 4.79 Å². The Kier molecular flexibility index (Phi) is 4.91. The van der Waals surface area contributed by atoms with Gasteiger partial charge >= 0.3 is 0 Å². The Morgan fingerprint density at radius 1 is 1.19 bits per heavy atom. The fraction of sp³-hybridized carbons (Fsp3) is 0.316. The zero-order chi connectivity index (χ0) is 18.1. The van der Waals surface area contributed by atoms with Crippen molar-refractivity contribution in [3.8, 4) is 10.4 Å². The number of carbonyl (C=O) groups excluding carboxylic acids is 1. The Labute approximate surface area is 159 Å². The van der Waals surface area contributed by atoms with Crippen molar-refractivity contribution in [1.82, 2.24) is 10.2 Å². The third-order valence-corrected chi connectivity index (χ3v) is 7.11. The van der Waals surface area contributed by atoms with Crippen molar-refractivity contribution < 1.29 is 9.18 Å². The number of nitrogens with zero attached hydrogens (tertiary/aromatic N) is 2. The molecule has 0 aliphatic heterocycles. The van der Waals surface area contributed by atoms with E-state index in [9.17, 15) is 9.18 Å². The summed E-state index contributed by atoms with van der Waals surface area (Å²) in [6.45, 7) is 0. The Bertz CT molecular complexity index is 967. The van der Waals surface area contributed by atoms with Crippen LogP contribution in [0.5, 0.6) is 0 Å². The molecule has 4 nitrogen and oxygen atoms in total. The maximum Gasteiger partial charge on any atom is 0.270 e. The molecule has 0 atom stereocenters. The van der Waals surface area contributed by atoms with Crippen LogP contribution in [-0.2, 0) is 0 Å². The summed E-state index contributed by atoms with van der Waals surface area (Å²) >= 11 is 3.14. The van der Waals surface area contributed by atoms with E-state index in [1.54, 1.807) is 17.8 Å². The second-order valence-corrected chi connectivity index (χ2v) is 8.80. The second kappa shape index (κ2) is 7.32. The fourth-order valence-electron chi connectivity index (χ4n) is 3.29. The molecule has 7 heteroatoms. The van der Waals surface area contributed by atoms with Gasteiger partial charge in [0.25, 0.3) is 5.91 Å². The van der Waals surface area contributed by atoms with E-state index in [2.05, 4.69) is 10.2 Å². The summed E-state index contributed by atoms with van der Waals surface area (Å²) in [5, 5.41) is 10.6. The van der Waals surface area contributed by atoms with Gasteiger partial charge < -0.3 is 5.73 Å². The van der Waals surface area contributed by atoms with E-state index < -0.39 is 5.91 Å². The molecule has 2 N–H and O–H groups in total. The minimum Gasteiger partial charge on any atom is -0.364 e. The predicted octanol–water partition coefficient (Wildman–Crippen LogP) is 5.02. The van der Waals surface area contributed by atoms with Gasteiger partial charge in [0.15, 0.2) is 5.69 Å². The summed E-state index contributed by atoms with van der Waals surface area (Å²) in [6, 6.07) is 8.41. The molecule has 134 valence electrons. The number of nitrogens with two attached hydrogens (primary N) is 1. The molecule has 1 aliphatic carbocycles. The van der Waals surface area contributed by atoms with Crippen LogP contribution < -0.4 is 5.73 Å². The van der Waals surface area contributed by atoms with E-state index in [4.69, 9.17) is 5.73 Å². The topological polar surface area (TPSA) is 68.9 Å². The lowest BCUT2D eigenvalue weighted by Crippen LogP contribution is -2.14. The van der Waals surface area contributed by atoms with Gasteiger partial charge in [0, 0.05) is 15.5 Å². The first-order chi connectivity index (χ1) is 12.6. The van der Waals surface area contributed by atoms with Crippen molar-refractivity contribution in [2.75, 3.05) is 0 Å². The number of thioether (sulfide) groups is 1. The van der Waals surface area contributed by atoms with Crippen LogP contribution in [0.15, 0.2) is 35.4 Å². The third-order valence-electron chi connectivity index (χ3n) is 4.59. The third kappa shape index (κ3) is 3.46. The van der Waals surface area contributed by atoms with Crippen LogP contribution in [0.1, 0.15) is 42.6 Å². The van der Waals surface area contributed by atoms with Crippen molar-refractivity contribution in [3.05, 3.63) is 41.8 Å². The Balaban J connectivity index is 1.80. The number of hydrogen-bond acceptors (Lipinski definition) is 5. The number of aromatic nitrogens is 2. The summed E-state index contributed by atoms with van der Waals surface area (Å²) in [5.41, 5.74) is 6.44. The fourth-order valence-corrected chi connectivity index (χ4v) is 5.76. The molecule has 0 radical (unpaired) electrons. The van der Waals surface area contributed by atoms with E-state index in [0.29, 0.717) is 5.25 Å². The zero-order valence-corrected chi connectivity index (χ0v) is 15.7. The van der Waals surface area contributed by atoms with Crippen LogP contribution in [0.2, 0.25) is 0 Å². The standard InChI is InChI=1S/C19H18FN3OS2/c20-12-6-4-5-11(9-12)15-10-14-17(26-15)16(18(21)24)22-23-19(14)25-13-7-2-1-3-8-13/h4-6,9-10,13H,1-3,7-8H2,(H2,21,24). The SMILES string of the molecule is NC(=O)c1nnc(SC2CCCCC2)c2cc(-c3cccc(F)c3)sc12. The highest BCUT2D eigenvalue weighted by atomic mass is 32.2. The summed E-state index contributed by atoms with van der Waals surface area (Å²) in [6.07, 6.45) is 6.12. The van der Waals surface area contributed by atoms with Crippen LogP contribution in [-0.4, -0.2) is 21.4 Å². The number of amides is 1. The molecule has 4 rings (SSSR count). The summed E-state index contributed by atoms with van der Waals surface area (Å²) in [4.78, 5) is 12.7. The molecular formula is C19H18FN3OS2. The van der Waals surface area contributed by atoms with Gasteiger partial charge in [-0.2, -0.15) is 0 Å². The maximum atomic E-state index is 13.6. The zero-order valence-electron chi connectivity index (χ0n) is 14.1.